The van der Waals surface area contributed by atoms with Crippen LogP contribution in [-0.4, -0.2) is 23.0 Å². The van der Waals surface area contributed by atoms with E-state index in [1.54, 1.807) is 18.0 Å². The number of hydrazine groups is 1. The van der Waals surface area contributed by atoms with E-state index in [9.17, 15) is 0 Å². The summed E-state index contributed by atoms with van der Waals surface area (Å²) in [5.41, 5.74) is 3.75. The normalized spacial score (nSPS) is 20.4. The molecule has 2 atom stereocenters. The van der Waals surface area contributed by atoms with E-state index < -0.39 is 0 Å². The van der Waals surface area contributed by atoms with Crippen molar-refractivity contribution in [3.05, 3.63) is 16.9 Å². The Balaban J connectivity index is 2.23. The van der Waals surface area contributed by atoms with Crippen LogP contribution in [0.4, 0.5) is 0 Å². The van der Waals surface area contributed by atoms with Crippen molar-refractivity contribution < 1.29 is 4.74 Å². The second kappa shape index (κ2) is 6.70. The van der Waals surface area contributed by atoms with E-state index in [-0.39, 0.29) is 12.1 Å². The summed E-state index contributed by atoms with van der Waals surface area (Å²) < 4.78 is 7.50. The van der Waals surface area contributed by atoms with E-state index in [2.05, 4.69) is 10.5 Å². The van der Waals surface area contributed by atoms with Crippen LogP contribution in [0.3, 0.4) is 0 Å². The third-order valence-corrected chi connectivity index (χ3v) is 4.42. The van der Waals surface area contributed by atoms with Gasteiger partial charge in [-0.3, -0.25) is 10.5 Å². The lowest BCUT2D eigenvalue weighted by Crippen LogP contribution is -2.43. The minimum atomic E-state index is -0.131. The van der Waals surface area contributed by atoms with Crippen molar-refractivity contribution in [3.63, 3.8) is 0 Å². The molecule has 1 heterocycles. The summed E-state index contributed by atoms with van der Waals surface area (Å²) in [6.07, 6.45) is 7.90. The molecule has 6 heteroatoms. The molecule has 19 heavy (non-hydrogen) atoms. The molecule has 1 fully saturated rings. The molecule has 1 aliphatic carbocycles. The number of aryl methyl sites for hydroxylation is 1. The third-order valence-electron chi connectivity index (χ3n) is 4.13. The van der Waals surface area contributed by atoms with E-state index in [1.165, 1.54) is 32.1 Å². The summed E-state index contributed by atoms with van der Waals surface area (Å²) in [6.45, 7) is 0. The highest BCUT2D eigenvalue weighted by molar-refractivity contribution is 6.31. The van der Waals surface area contributed by atoms with Crippen LogP contribution in [0, 0.1) is 5.92 Å². The van der Waals surface area contributed by atoms with Gasteiger partial charge in [0, 0.05) is 14.2 Å². The maximum absolute atomic E-state index is 6.22. The fourth-order valence-electron chi connectivity index (χ4n) is 3.16. The zero-order valence-electron chi connectivity index (χ0n) is 11.6. The molecule has 0 aliphatic heterocycles. The zero-order valence-corrected chi connectivity index (χ0v) is 12.4. The number of nitrogens with two attached hydrogens (primary N) is 1. The first-order chi connectivity index (χ1) is 9.19. The number of aromatic nitrogens is 2. The van der Waals surface area contributed by atoms with E-state index in [4.69, 9.17) is 22.2 Å². The van der Waals surface area contributed by atoms with E-state index in [0.717, 1.165) is 5.69 Å². The lowest BCUT2D eigenvalue weighted by molar-refractivity contribution is 0.00557. The second-order valence-electron chi connectivity index (χ2n) is 5.24. The Morgan fingerprint density at radius 1 is 1.47 bits per heavy atom. The predicted octanol–water partition coefficient (Wildman–Crippen LogP) is 2.17. The summed E-state index contributed by atoms with van der Waals surface area (Å²) in [7, 11) is 3.62. The van der Waals surface area contributed by atoms with Gasteiger partial charge >= 0.3 is 0 Å². The molecule has 5 nitrogen and oxygen atoms in total. The molecule has 0 saturated heterocycles. The molecule has 1 aliphatic rings. The highest BCUT2D eigenvalue weighted by Gasteiger charge is 2.33. The molecular formula is C13H23ClN4O. The highest BCUT2D eigenvalue weighted by atomic mass is 35.5. The monoisotopic (exact) mass is 286 g/mol. The van der Waals surface area contributed by atoms with Crippen molar-refractivity contribution in [1.82, 2.24) is 15.2 Å². The number of halogens is 1. The minimum Gasteiger partial charge on any atom is -0.379 e. The first-order valence-corrected chi connectivity index (χ1v) is 7.23. The molecule has 0 aromatic carbocycles. The number of hydrogen-bond acceptors (Lipinski definition) is 4. The van der Waals surface area contributed by atoms with Crippen molar-refractivity contribution in [2.24, 2.45) is 18.8 Å². The Kier molecular flexibility index (Phi) is 5.21. The van der Waals surface area contributed by atoms with Crippen molar-refractivity contribution in [2.45, 2.75) is 44.2 Å². The van der Waals surface area contributed by atoms with Crippen LogP contribution in [-0.2, 0) is 11.8 Å². The van der Waals surface area contributed by atoms with Gasteiger partial charge in [0.05, 0.1) is 29.1 Å². The molecule has 1 aromatic heterocycles. The Bertz CT molecular complexity index is 384. The van der Waals surface area contributed by atoms with Gasteiger partial charge in [-0.1, -0.05) is 30.9 Å². The number of hydrogen-bond donors (Lipinski definition) is 2. The lowest BCUT2D eigenvalue weighted by atomic mass is 9.82. The molecule has 1 saturated carbocycles. The van der Waals surface area contributed by atoms with E-state index in [0.29, 0.717) is 10.9 Å². The van der Waals surface area contributed by atoms with Gasteiger partial charge in [-0.15, -0.1) is 0 Å². The fraction of sp³-hybridized carbons (Fsp3) is 0.769. The largest absolute Gasteiger partial charge is 0.379 e. The number of methoxy groups -OCH3 is 1. The number of ether oxygens (including phenoxy) is 1. The maximum Gasteiger partial charge on any atom is 0.0907 e. The van der Waals surface area contributed by atoms with Crippen LogP contribution in [0.5, 0.6) is 0 Å². The van der Waals surface area contributed by atoms with Crippen molar-refractivity contribution in [1.29, 1.82) is 0 Å². The van der Waals surface area contributed by atoms with Crippen molar-refractivity contribution in [3.8, 4) is 0 Å². The smallest absolute Gasteiger partial charge is 0.0907 e. The van der Waals surface area contributed by atoms with Gasteiger partial charge in [-0.05, 0) is 18.8 Å². The molecule has 0 radical (unpaired) electrons. The van der Waals surface area contributed by atoms with Crippen LogP contribution < -0.4 is 11.3 Å². The van der Waals surface area contributed by atoms with Crippen LogP contribution in [0.15, 0.2) is 6.20 Å². The van der Waals surface area contributed by atoms with Gasteiger partial charge in [-0.2, -0.15) is 5.10 Å². The summed E-state index contributed by atoms with van der Waals surface area (Å²) in [5.74, 6) is 6.27. The Labute approximate surface area is 119 Å². The molecule has 2 rings (SSSR count). The zero-order chi connectivity index (χ0) is 13.8. The SMILES string of the molecule is COC(C1CCCCC1)C(NN)c1c(Cl)cnn1C. The predicted molar refractivity (Wildman–Crippen MR) is 75.7 cm³/mol. The first-order valence-electron chi connectivity index (χ1n) is 6.85. The quantitative estimate of drug-likeness (QED) is 0.643. The maximum atomic E-state index is 6.22. The Morgan fingerprint density at radius 2 is 2.16 bits per heavy atom. The van der Waals surface area contributed by atoms with Crippen molar-refractivity contribution >= 4 is 11.6 Å². The minimum absolute atomic E-state index is 0.0261. The molecule has 1 aromatic rings. The molecular weight excluding hydrogens is 264 g/mol. The molecule has 2 unspecified atom stereocenters. The van der Waals surface area contributed by atoms with Gasteiger partial charge < -0.3 is 4.74 Å². The Morgan fingerprint density at radius 3 is 2.63 bits per heavy atom. The van der Waals surface area contributed by atoms with Gasteiger partial charge in [0.25, 0.3) is 0 Å². The highest BCUT2D eigenvalue weighted by Crippen LogP contribution is 2.35. The first kappa shape index (κ1) is 14.8. The average molecular weight is 287 g/mol. The molecule has 108 valence electrons. The summed E-state index contributed by atoms with van der Waals surface area (Å²) in [6, 6.07) is -0.131. The van der Waals surface area contributed by atoms with Gasteiger partial charge in [-0.25, -0.2) is 5.43 Å². The molecule has 3 N–H and O–H groups in total. The molecule has 0 bridgehead atoms. The Hall–Kier alpha value is -0.620. The average Bonchev–Trinajstić information content (AvgIpc) is 2.77. The van der Waals surface area contributed by atoms with E-state index in [1.807, 2.05) is 7.05 Å². The van der Waals surface area contributed by atoms with Crippen LogP contribution >= 0.6 is 11.6 Å². The summed E-state index contributed by atoms with van der Waals surface area (Å²) in [4.78, 5) is 0. The van der Waals surface area contributed by atoms with Gasteiger partial charge in [0.15, 0.2) is 0 Å². The second-order valence-corrected chi connectivity index (χ2v) is 5.65. The lowest BCUT2D eigenvalue weighted by Gasteiger charge is -2.34. The topological polar surface area (TPSA) is 65.1 Å². The number of nitrogens with zero attached hydrogens (tertiary/aromatic N) is 2. The van der Waals surface area contributed by atoms with Gasteiger partial charge in [0.2, 0.25) is 0 Å². The molecule has 0 amide bonds. The standard InChI is InChI=1S/C13H23ClN4O/c1-18-12(10(14)8-16-18)11(17-15)13(19-2)9-6-4-3-5-7-9/h8-9,11,13,17H,3-7,15H2,1-2H3. The van der Waals surface area contributed by atoms with Crippen LogP contribution in [0.2, 0.25) is 5.02 Å². The fourth-order valence-corrected chi connectivity index (χ4v) is 3.45. The number of nitrogens with one attached hydrogen (secondary N) is 1. The van der Waals surface area contributed by atoms with Crippen LogP contribution in [0.1, 0.15) is 43.8 Å². The van der Waals surface area contributed by atoms with E-state index >= 15 is 0 Å². The van der Waals surface area contributed by atoms with Crippen molar-refractivity contribution in [2.75, 3.05) is 7.11 Å². The third kappa shape index (κ3) is 3.11. The summed E-state index contributed by atoms with van der Waals surface area (Å²) >= 11 is 6.22. The van der Waals surface area contributed by atoms with Crippen LogP contribution in [0.25, 0.3) is 0 Å². The molecule has 0 spiro atoms. The van der Waals surface area contributed by atoms with Gasteiger partial charge in [0.1, 0.15) is 0 Å². The summed E-state index contributed by atoms with van der Waals surface area (Å²) in [5, 5.41) is 4.81. The number of rotatable bonds is 5.